The van der Waals surface area contributed by atoms with Crippen LogP contribution in [0, 0.1) is 10.1 Å². The zero-order valence-corrected chi connectivity index (χ0v) is 15.4. The molecule has 1 aliphatic carbocycles. The van der Waals surface area contributed by atoms with Crippen LogP contribution in [0.5, 0.6) is 5.75 Å². The quantitative estimate of drug-likeness (QED) is 0.498. The molecule has 2 N–H and O–H groups in total. The number of alkyl carbamates (subject to hydrolysis) is 1. The smallest absolute Gasteiger partial charge is 0.407 e. The van der Waals surface area contributed by atoms with Gasteiger partial charge in [0, 0.05) is 23.6 Å². The second-order valence-electron chi connectivity index (χ2n) is 6.75. The van der Waals surface area contributed by atoms with E-state index in [0.717, 1.165) is 22.3 Å². The van der Waals surface area contributed by atoms with Crippen molar-refractivity contribution in [3.8, 4) is 16.9 Å². The third-order valence-electron chi connectivity index (χ3n) is 5.04. The number of nitrogens with zero attached hydrogens (tertiary/aromatic N) is 1. The zero-order chi connectivity index (χ0) is 20.4. The Balaban J connectivity index is 1.42. The average molecular weight is 390 g/mol. The molecule has 3 aromatic rings. The zero-order valence-electron chi connectivity index (χ0n) is 15.4. The number of amides is 1. The molecule has 146 valence electrons. The summed E-state index contributed by atoms with van der Waals surface area (Å²) in [5.74, 6) is -0.186. The first-order valence-corrected chi connectivity index (χ1v) is 9.09. The summed E-state index contributed by atoms with van der Waals surface area (Å²) in [5, 5.41) is 23.2. The van der Waals surface area contributed by atoms with Crippen LogP contribution in [0.15, 0.2) is 66.7 Å². The number of non-ortho nitro benzene ring substituents is 1. The predicted molar refractivity (Wildman–Crippen MR) is 107 cm³/mol. The van der Waals surface area contributed by atoms with Gasteiger partial charge in [-0.3, -0.25) is 10.1 Å². The van der Waals surface area contributed by atoms with E-state index in [2.05, 4.69) is 17.4 Å². The molecule has 0 aromatic heterocycles. The molecule has 0 spiro atoms. The van der Waals surface area contributed by atoms with Gasteiger partial charge in [0.05, 0.1) is 11.5 Å². The third-order valence-corrected chi connectivity index (χ3v) is 5.04. The van der Waals surface area contributed by atoms with Gasteiger partial charge in [-0.15, -0.1) is 0 Å². The largest absolute Gasteiger partial charge is 0.508 e. The molecule has 0 saturated heterocycles. The van der Waals surface area contributed by atoms with Crippen molar-refractivity contribution < 1.29 is 19.6 Å². The number of carbonyl (C=O) groups excluding carboxylic acids is 1. The Kier molecular flexibility index (Phi) is 4.87. The van der Waals surface area contributed by atoms with E-state index in [9.17, 15) is 20.0 Å². The van der Waals surface area contributed by atoms with Crippen molar-refractivity contribution in [2.75, 3.05) is 6.61 Å². The molecular weight excluding hydrogens is 372 g/mol. The van der Waals surface area contributed by atoms with Gasteiger partial charge in [-0.25, -0.2) is 4.79 Å². The van der Waals surface area contributed by atoms with Gasteiger partial charge in [0.25, 0.3) is 5.69 Å². The maximum Gasteiger partial charge on any atom is 0.407 e. The van der Waals surface area contributed by atoms with Gasteiger partial charge in [-0.05, 0) is 28.3 Å². The summed E-state index contributed by atoms with van der Waals surface area (Å²) in [5.41, 5.74) is 4.58. The lowest BCUT2D eigenvalue weighted by atomic mass is 9.98. The van der Waals surface area contributed by atoms with E-state index < -0.39 is 11.0 Å². The Morgan fingerprint density at radius 3 is 2.28 bits per heavy atom. The molecule has 3 aromatic carbocycles. The van der Waals surface area contributed by atoms with Crippen LogP contribution in [-0.2, 0) is 11.3 Å². The van der Waals surface area contributed by atoms with Gasteiger partial charge in [-0.1, -0.05) is 48.5 Å². The van der Waals surface area contributed by atoms with Gasteiger partial charge in [-0.2, -0.15) is 0 Å². The van der Waals surface area contributed by atoms with Crippen molar-refractivity contribution in [2.45, 2.75) is 12.5 Å². The normalized spacial score (nSPS) is 12.1. The second-order valence-corrected chi connectivity index (χ2v) is 6.75. The highest BCUT2D eigenvalue weighted by atomic mass is 16.6. The van der Waals surface area contributed by atoms with Crippen molar-refractivity contribution >= 4 is 11.8 Å². The van der Waals surface area contributed by atoms with E-state index in [4.69, 9.17) is 4.74 Å². The molecule has 0 saturated carbocycles. The number of nitrogens with one attached hydrogen (secondary N) is 1. The number of nitro groups is 1. The Labute approximate surface area is 166 Å². The number of hydrogen-bond acceptors (Lipinski definition) is 5. The van der Waals surface area contributed by atoms with Crippen molar-refractivity contribution in [1.29, 1.82) is 0 Å². The fourth-order valence-corrected chi connectivity index (χ4v) is 3.64. The highest BCUT2D eigenvalue weighted by molar-refractivity contribution is 5.79. The first-order chi connectivity index (χ1) is 14.0. The number of rotatable bonds is 5. The number of carbonyl (C=O) groups is 1. The average Bonchev–Trinajstić information content (AvgIpc) is 3.05. The minimum atomic E-state index is -0.655. The fraction of sp³-hybridized carbons (Fsp3) is 0.136. The lowest BCUT2D eigenvalue weighted by Crippen LogP contribution is -2.25. The summed E-state index contributed by atoms with van der Waals surface area (Å²) in [6, 6.07) is 19.7. The van der Waals surface area contributed by atoms with Gasteiger partial charge < -0.3 is 15.2 Å². The fourth-order valence-electron chi connectivity index (χ4n) is 3.64. The van der Waals surface area contributed by atoms with Crippen LogP contribution in [-0.4, -0.2) is 22.7 Å². The van der Waals surface area contributed by atoms with E-state index in [1.807, 2.05) is 36.4 Å². The second kappa shape index (κ2) is 7.63. The van der Waals surface area contributed by atoms with Crippen LogP contribution < -0.4 is 5.32 Å². The Hall–Kier alpha value is -3.87. The molecule has 0 fully saturated rings. The van der Waals surface area contributed by atoms with Gasteiger partial charge in [0.2, 0.25) is 0 Å². The summed E-state index contributed by atoms with van der Waals surface area (Å²) >= 11 is 0. The first-order valence-electron chi connectivity index (χ1n) is 9.09. The molecule has 4 rings (SSSR count). The van der Waals surface area contributed by atoms with Crippen molar-refractivity contribution in [1.82, 2.24) is 5.32 Å². The molecule has 1 aliphatic rings. The summed E-state index contributed by atoms with van der Waals surface area (Å²) in [6.07, 6.45) is -0.655. The van der Waals surface area contributed by atoms with Crippen LogP contribution in [0.4, 0.5) is 10.5 Å². The van der Waals surface area contributed by atoms with E-state index in [1.54, 1.807) is 0 Å². The number of nitro benzene ring substituents is 1. The van der Waals surface area contributed by atoms with Crippen LogP contribution in [0.3, 0.4) is 0 Å². The SMILES string of the molecule is O=C(NCc1cc([N+](=O)[O-])ccc1O)OCC1c2ccccc2-c2ccccc21. The number of ether oxygens (including phenoxy) is 1. The monoisotopic (exact) mass is 390 g/mol. The lowest BCUT2D eigenvalue weighted by molar-refractivity contribution is -0.384. The van der Waals surface area contributed by atoms with Crippen molar-refractivity contribution in [3.63, 3.8) is 0 Å². The van der Waals surface area contributed by atoms with Gasteiger partial charge in [0.15, 0.2) is 0 Å². The Bertz CT molecular complexity index is 1050. The van der Waals surface area contributed by atoms with E-state index in [-0.39, 0.29) is 36.1 Å². The summed E-state index contributed by atoms with van der Waals surface area (Å²) in [6.45, 7) is 0.0883. The highest BCUT2D eigenvalue weighted by Crippen LogP contribution is 2.44. The minimum absolute atomic E-state index is 0.0561. The Morgan fingerprint density at radius 1 is 1.03 bits per heavy atom. The molecule has 0 unspecified atom stereocenters. The van der Waals surface area contributed by atoms with E-state index in [0.29, 0.717) is 0 Å². The highest BCUT2D eigenvalue weighted by Gasteiger charge is 2.29. The molecule has 0 bridgehead atoms. The van der Waals surface area contributed by atoms with Crippen molar-refractivity contribution in [3.05, 3.63) is 93.5 Å². The van der Waals surface area contributed by atoms with E-state index >= 15 is 0 Å². The van der Waals surface area contributed by atoms with Crippen molar-refractivity contribution in [2.24, 2.45) is 0 Å². The van der Waals surface area contributed by atoms with Crippen LogP contribution >= 0.6 is 0 Å². The van der Waals surface area contributed by atoms with Gasteiger partial charge >= 0.3 is 6.09 Å². The number of fused-ring (bicyclic) bond motifs is 3. The van der Waals surface area contributed by atoms with Crippen LogP contribution in [0.1, 0.15) is 22.6 Å². The summed E-state index contributed by atoms with van der Waals surface area (Å²) in [7, 11) is 0. The molecule has 7 heteroatoms. The first kappa shape index (κ1) is 18.5. The number of hydrogen-bond donors (Lipinski definition) is 2. The standard InChI is InChI=1S/C22H18N2O5/c25-21-10-9-15(24(27)28)11-14(21)12-23-22(26)29-13-20-18-7-3-1-5-16(18)17-6-2-4-8-19(17)20/h1-11,20,25H,12-13H2,(H,23,26). The third kappa shape index (κ3) is 3.62. The molecular formula is C22H18N2O5. The number of aromatic hydroxyl groups is 1. The molecule has 0 atom stereocenters. The number of benzene rings is 3. The van der Waals surface area contributed by atoms with Gasteiger partial charge in [0.1, 0.15) is 12.4 Å². The molecule has 0 radical (unpaired) electrons. The maximum atomic E-state index is 12.2. The maximum absolute atomic E-state index is 12.2. The predicted octanol–water partition coefficient (Wildman–Crippen LogP) is 4.34. The topological polar surface area (TPSA) is 102 Å². The molecule has 0 heterocycles. The number of phenols is 1. The van der Waals surface area contributed by atoms with Crippen LogP contribution in [0.2, 0.25) is 0 Å². The van der Waals surface area contributed by atoms with E-state index in [1.165, 1.54) is 18.2 Å². The summed E-state index contributed by atoms with van der Waals surface area (Å²) < 4.78 is 5.41. The Morgan fingerprint density at radius 2 is 1.66 bits per heavy atom. The molecule has 0 aliphatic heterocycles. The molecule has 1 amide bonds. The van der Waals surface area contributed by atoms with Crippen LogP contribution in [0.25, 0.3) is 11.1 Å². The minimum Gasteiger partial charge on any atom is -0.508 e. The molecule has 7 nitrogen and oxygen atoms in total. The number of phenolic OH excluding ortho intramolecular Hbond substituents is 1. The summed E-state index contributed by atoms with van der Waals surface area (Å²) in [4.78, 5) is 22.5. The molecule has 29 heavy (non-hydrogen) atoms. The lowest BCUT2D eigenvalue weighted by Gasteiger charge is -2.14.